The van der Waals surface area contributed by atoms with Gasteiger partial charge in [-0.05, 0) is 63.3 Å². The van der Waals surface area contributed by atoms with Crippen molar-refractivity contribution in [1.29, 1.82) is 0 Å². The first kappa shape index (κ1) is 14.1. The van der Waals surface area contributed by atoms with Crippen LogP contribution >= 0.6 is 11.3 Å². The smallest absolute Gasteiger partial charge is 0.00967 e. The van der Waals surface area contributed by atoms with Gasteiger partial charge in [-0.15, -0.1) is 11.3 Å². The van der Waals surface area contributed by atoms with E-state index in [-0.39, 0.29) is 5.54 Å². The molecule has 2 rings (SSSR count). The highest BCUT2D eigenvalue weighted by molar-refractivity contribution is 7.09. The van der Waals surface area contributed by atoms with Crippen molar-refractivity contribution in [1.82, 2.24) is 5.32 Å². The van der Waals surface area contributed by atoms with E-state index in [9.17, 15) is 0 Å². The Kier molecular flexibility index (Phi) is 4.50. The normalized spacial score (nSPS) is 19.3. The molecule has 1 nitrogen and oxygen atoms in total. The topological polar surface area (TPSA) is 12.0 Å². The third kappa shape index (κ3) is 4.10. The quantitative estimate of drug-likeness (QED) is 0.818. The first-order chi connectivity index (χ1) is 8.49. The third-order valence-electron chi connectivity index (χ3n) is 4.14. The van der Waals surface area contributed by atoms with Crippen LogP contribution in [-0.2, 0) is 6.42 Å². The molecule has 102 valence electrons. The van der Waals surface area contributed by atoms with Crippen LogP contribution in [0.25, 0.3) is 0 Å². The summed E-state index contributed by atoms with van der Waals surface area (Å²) in [7, 11) is 0. The van der Waals surface area contributed by atoms with E-state index in [0.717, 1.165) is 0 Å². The Hall–Kier alpha value is -0.340. The van der Waals surface area contributed by atoms with Gasteiger partial charge < -0.3 is 5.32 Å². The van der Waals surface area contributed by atoms with Crippen molar-refractivity contribution in [2.75, 3.05) is 6.54 Å². The Morgan fingerprint density at radius 3 is 2.56 bits per heavy atom. The maximum atomic E-state index is 3.74. The molecule has 1 aromatic heterocycles. The molecule has 0 bridgehead atoms. The zero-order chi connectivity index (χ0) is 13.1. The molecule has 0 unspecified atom stereocenters. The van der Waals surface area contributed by atoms with E-state index in [1.807, 2.05) is 11.3 Å². The summed E-state index contributed by atoms with van der Waals surface area (Å²) in [5.41, 5.74) is 0.815. The minimum atomic E-state index is 0.249. The summed E-state index contributed by atoms with van der Waals surface area (Å²) in [6, 6.07) is 4.46. The van der Waals surface area contributed by atoms with E-state index in [4.69, 9.17) is 0 Å². The molecule has 1 aliphatic rings. The maximum absolute atomic E-state index is 3.74. The second-order valence-electron chi connectivity index (χ2n) is 6.89. The molecule has 0 amide bonds. The largest absolute Gasteiger partial charge is 0.312 e. The highest BCUT2D eigenvalue weighted by Crippen LogP contribution is 2.42. The highest BCUT2D eigenvalue weighted by atomic mass is 32.1. The molecule has 1 N–H and O–H groups in total. The fourth-order valence-electron chi connectivity index (χ4n) is 2.94. The highest BCUT2D eigenvalue weighted by Gasteiger charge is 2.34. The molecule has 0 saturated heterocycles. The van der Waals surface area contributed by atoms with Gasteiger partial charge in [0.15, 0.2) is 0 Å². The lowest BCUT2D eigenvalue weighted by molar-refractivity contribution is 0.230. The number of nitrogens with one attached hydrogen (secondary N) is 1. The molecule has 0 aliphatic heterocycles. The lowest BCUT2D eigenvalue weighted by Crippen LogP contribution is -2.43. The van der Waals surface area contributed by atoms with Crippen LogP contribution in [0.15, 0.2) is 17.5 Å². The van der Waals surface area contributed by atoms with Crippen molar-refractivity contribution >= 4 is 11.3 Å². The summed E-state index contributed by atoms with van der Waals surface area (Å²) in [6.07, 6.45) is 8.32. The standard InChI is InChI=1S/C16H27NS/c1-15(2,3)17-13-16(9-4-5-10-16)11-8-14-7-6-12-18-14/h6-7,12,17H,4-5,8-11,13H2,1-3H3. The van der Waals surface area contributed by atoms with Gasteiger partial charge in [-0.2, -0.15) is 0 Å². The molecule has 1 aliphatic carbocycles. The zero-order valence-electron chi connectivity index (χ0n) is 12.1. The van der Waals surface area contributed by atoms with Crippen molar-refractivity contribution in [3.8, 4) is 0 Å². The van der Waals surface area contributed by atoms with Gasteiger partial charge in [-0.1, -0.05) is 18.9 Å². The molecule has 0 spiro atoms. The van der Waals surface area contributed by atoms with Crippen LogP contribution in [-0.4, -0.2) is 12.1 Å². The van der Waals surface area contributed by atoms with E-state index in [1.165, 1.54) is 45.1 Å². The molecular formula is C16H27NS. The van der Waals surface area contributed by atoms with E-state index in [2.05, 4.69) is 43.6 Å². The number of thiophene rings is 1. The molecule has 1 heterocycles. The molecule has 0 radical (unpaired) electrons. The number of hydrogen-bond donors (Lipinski definition) is 1. The molecule has 0 atom stereocenters. The van der Waals surface area contributed by atoms with Crippen LogP contribution in [0.2, 0.25) is 0 Å². The minimum Gasteiger partial charge on any atom is -0.312 e. The van der Waals surface area contributed by atoms with Crippen molar-refractivity contribution in [2.24, 2.45) is 5.41 Å². The van der Waals surface area contributed by atoms with Gasteiger partial charge in [0.1, 0.15) is 0 Å². The Balaban J connectivity index is 1.90. The fraction of sp³-hybridized carbons (Fsp3) is 0.750. The van der Waals surface area contributed by atoms with Gasteiger partial charge in [-0.3, -0.25) is 0 Å². The molecule has 1 fully saturated rings. The second-order valence-corrected chi connectivity index (χ2v) is 7.92. The average Bonchev–Trinajstić information content (AvgIpc) is 2.96. The average molecular weight is 265 g/mol. The Labute approximate surface area is 116 Å². The van der Waals surface area contributed by atoms with Crippen LogP contribution < -0.4 is 5.32 Å². The summed E-state index contributed by atoms with van der Waals surface area (Å²) in [4.78, 5) is 1.55. The Morgan fingerprint density at radius 2 is 2.00 bits per heavy atom. The molecular weight excluding hydrogens is 238 g/mol. The van der Waals surface area contributed by atoms with E-state index < -0.39 is 0 Å². The van der Waals surface area contributed by atoms with Gasteiger partial charge in [0.05, 0.1) is 0 Å². The number of hydrogen-bond acceptors (Lipinski definition) is 2. The summed E-state index contributed by atoms with van der Waals surface area (Å²) < 4.78 is 0. The van der Waals surface area contributed by atoms with Gasteiger partial charge in [-0.25, -0.2) is 0 Å². The van der Waals surface area contributed by atoms with Crippen molar-refractivity contribution in [3.05, 3.63) is 22.4 Å². The van der Waals surface area contributed by atoms with E-state index in [0.29, 0.717) is 5.41 Å². The van der Waals surface area contributed by atoms with Crippen LogP contribution in [0.4, 0.5) is 0 Å². The Bertz CT molecular complexity index is 342. The molecule has 1 saturated carbocycles. The lowest BCUT2D eigenvalue weighted by atomic mass is 9.80. The van der Waals surface area contributed by atoms with Crippen LogP contribution in [0.3, 0.4) is 0 Å². The van der Waals surface area contributed by atoms with Crippen molar-refractivity contribution < 1.29 is 0 Å². The molecule has 2 heteroatoms. The van der Waals surface area contributed by atoms with Crippen molar-refractivity contribution in [3.63, 3.8) is 0 Å². The van der Waals surface area contributed by atoms with Crippen LogP contribution in [0.1, 0.15) is 57.8 Å². The third-order valence-corrected chi connectivity index (χ3v) is 5.08. The summed E-state index contributed by atoms with van der Waals surface area (Å²) in [6.45, 7) is 8.01. The minimum absolute atomic E-state index is 0.249. The summed E-state index contributed by atoms with van der Waals surface area (Å²) in [5.74, 6) is 0. The maximum Gasteiger partial charge on any atom is 0.00967 e. The Morgan fingerprint density at radius 1 is 1.28 bits per heavy atom. The SMILES string of the molecule is CC(C)(C)NCC1(CCc2cccs2)CCCC1. The second kappa shape index (κ2) is 5.75. The van der Waals surface area contributed by atoms with Gasteiger partial charge in [0.2, 0.25) is 0 Å². The first-order valence-corrected chi connectivity index (χ1v) is 8.15. The van der Waals surface area contributed by atoms with E-state index >= 15 is 0 Å². The fourth-order valence-corrected chi connectivity index (χ4v) is 3.65. The summed E-state index contributed by atoms with van der Waals surface area (Å²) >= 11 is 1.91. The van der Waals surface area contributed by atoms with Crippen LogP contribution in [0.5, 0.6) is 0 Å². The van der Waals surface area contributed by atoms with E-state index in [1.54, 1.807) is 4.88 Å². The zero-order valence-corrected chi connectivity index (χ0v) is 12.9. The lowest BCUT2D eigenvalue weighted by Gasteiger charge is -2.33. The monoisotopic (exact) mass is 265 g/mol. The number of aryl methyl sites for hydroxylation is 1. The predicted octanol–water partition coefficient (Wildman–Crippen LogP) is 4.63. The van der Waals surface area contributed by atoms with Gasteiger partial charge in [0.25, 0.3) is 0 Å². The first-order valence-electron chi connectivity index (χ1n) is 7.27. The predicted molar refractivity (Wildman–Crippen MR) is 81.3 cm³/mol. The molecule has 1 aromatic rings. The summed E-state index contributed by atoms with van der Waals surface area (Å²) in [5, 5.41) is 5.94. The number of rotatable bonds is 5. The molecule has 0 aromatic carbocycles. The van der Waals surface area contributed by atoms with Gasteiger partial charge >= 0.3 is 0 Å². The van der Waals surface area contributed by atoms with Crippen LogP contribution in [0, 0.1) is 5.41 Å². The van der Waals surface area contributed by atoms with Crippen molar-refractivity contribution in [2.45, 2.75) is 64.8 Å². The molecule has 18 heavy (non-hydrogen) atoms. The van der Waals surface area contributed by atoms with Gasteiger partial charge in [0, 0.05) is 17.0 Å².